The van der Waals surface area contributed by atoms with Gasteiger partial charge in [-0.2, -0.15) is 5.26 Å². The Morgan fingerprint density at radius 3 is 2.33 bits per heavy atom. The molecule has 0 aliphatic heterocycles. The summed E-state index contributed by atoms with van der Waals surface area (Å²) >= 11 is 0. The first kappa shape index (κ1) is 5.10. The van der Waals surface area contributed by atoms with E-state index in [4.69, 9.17) is 10.4 Å². The molecule has 0 radical (unpaired) electrons. The molecule has 0 aromatic heterocycles. The molecule has 0 aliphatic rings. The van der Waals surface area contributed by atoms with Crippen LogP contribution in [0.2, 0.25) is 0 Å². The zero-order valence-corrected chi connectivity index (χ0v) is 2.96. The lowest BCUT2D eigenvalue weighted by Gasteiger charge is -1.85. The summed E-state index contributed by atoms with van der Waals surface area (Å²) in [5.74, 6) is -0.699. The molecule has 0 saturated carbocycles. The summed E-state index contributed by atoms with van der Waals surface area (Å²) in [6.45, 7) is 0. The first-order valence-electron chi connectivity index (χ1n) is 1.23. The third kappa shape index (κ3) is 1.42. The second-order valence-electron chi connectivity index (χ2n) is 0.596. The van der Waals surface area contributed by atoms with Gasteiger partial charge >= 0.3 is 5.95 Å². The van der Waals surface area contributed by atoms with E-state index in [-0.39, 0.29) is 0 Å². The number of aliphatic hydroxyl groups excluding tert-OH is 1. The molecule has 0 amide bonds. The normalized spacial score (nSPS) is 11.2. The van der Waals surface area contributed by atoms with Crippen molar-refractivity contribution in [2.75, 3.05) is 0 Å². The van der Waals surface area contributed by atoms with Gasteiger partial charge in [-0.25, -0.2) is 0 Å². The van der Waals surface area contributed by atoms with Crippen LogP contribution in [0, 0.1) is 0 Å². The van der Waals surface area contributed by atoms with Gasteiger partial charge in [-0.05, 0) is 0 Å². The molecule has 0 spiro atoms. The van der Waals surface area contributed by atoms with Gasteiger partial charge in [-0.1, -0.05) is 0 Å². The fourth-order valence-electron chi connectivity index (χ4n) is 0.0304. The van der Waals surface area contributed by atoms with Gasteiger partial charge in [0.05, 0.1) is 6.20 Å². The monoisotopic (exact) mass is 91.0 g/mol. The standard InChI is InChI=1S/C2H5NO3/c3-1-2(4)6-5/h1,4-5H,3H2/b2-1-. The Morgan fingerprint density at radius 1 is 1.83 bits per heavy atom. The van der Waals surface area contributed by atoms with Crippen LogP contribution < -0.4 is 5.73 Å². The Balaban J connectivity index is 3.22. The Hall–Kier alpha value is -0.900. The lowest BCUT2D eigenvalue weighted by Crippen LogP contribution is -1.88. The number of hydrogen-bond donors (Lipinski definition) is 3. The van der Waals surface area contributed by atoms with E-state index in [0.717, 1.165) is 6.20 Å². The van der Waals surface area contributed by atoms with Crippen LogP contribution in [0.3, 0.4) is 0 Å². The van der Waals surface area contributed by atoms with E-state index in [1.165, 1.54) is 0 Å². The van der Waals surface area contributed by atoms with Crippen molar-refractivity contribution >= 4 is 0 Å². The van der Waals surface area contributed by atoms with E-state index in [1.807, 2.05) is 0 Å². The third-order valence-electron chi connectivity index (χ3n) is 0.236. The lowest BCUT2D eigenvalue weighted by atomic mass is 10.9. The van der Waals surface area contributed by atoms with Crippen molar-refractivity contribution in [1.29, 1.82) is 0 Å². The van der Waals surface area contributed by atoms with Crippen molar-refractivity contribution in [2.24, 2.45) is 5.73 Å². The molecular weight excluding hydrogens is 86.0 g/mol. The average molecular weight is 91.1 g/mol. The second-order valence-corrected chi connectivity index (χ2v) is 0.596. The quantitative estimate of drug-likeness (QED) is 0.237. The molecule has 4 nitrogen and oxygen atoms in total. The number of aliphatic hydroxyl groups is 1. The topological polar surface area (TPSA) is 75.7 Å². The molecule has 0 aromatic rings. The molecule has 0 aromatic carbocycles. The van der Waals surface area contributed by atoms with Crippen LogP contribution in [-0.4, -0.2) is 10.4 Å². The highest BCUT2D eigenvalue weighted by molar-refractivity contribution is 4.71. The van der Waals surface area contributed by atoms with Gasteiger partial charge in [0, 0.05) is 0 Å². The minimum Gasteiger partial charge on any atom is -0.478 e. The predicted octanol–water partition coefficient (Wildman–Crippen LogP) is -0.208. The van der Waals surface area contributed by atoms with Crippen molar-refractivity contribution < 1.29 is 15.3 Å². The van der Waals surface area contributed by atoms with Crippen molar-refractivity contribution in [1.82, 2.24) is 0 Å². The van der Waals surface area contributed by atoms with Crippen LogP contribution in [0.4, 0.5) is 0 Å². The highest BCUT2D eigenvalue weighted by atomic mass is 17.1. The van der Waals surface area contributed by atoms with E-state index in [0.29, 0.717) is 0 Å². The van der Waals surface area contributed by atoms with Crippen molar-refractivity contribution in [3.05, 3.63) is 12.1 Å². The Labute approximate surface area is 34.4 Å². The summed E-state index contributed by atoms with van der Waals surface area (Å²) in [4.78, 5) is 3.19. The summed E-state index contributed by atoms with van der Waals surface area (Å²) in [6, 6.07) is 0. The molecule has 0 fully saturated rings. The maximum absolute atomic E-state index is 7.93. The van der Waals surface area contributed by atoms with Crippen LogP contribution in [0.25, 0.3) is 0 Å². The highest BCUT2D eigenvalue weighted by Crippen LogP contribution is 1.78. The zero-order chi connectivity index (χ0) is 4.99. The number of rotatable bonds is 1. The lowest BCUT2D eigenvalue weighted by molar-refractivity contribution is -0.235. The zero-order valence-electron chi connectivity index (χ0n) is 2.96. The van der Waals surface area contributed by atoms with Gasteiger partial charge in [-0.3, -0.25) is 4.89 Å². The second kappa shape index (κ2) is 2.34. The molecule has 0 saturated heterocycles. The predicted molar refractivity (Wildman–Crippen MR) is 18.6 cm³/mol. The molecule has 4 heteroatoms. The van der Waals surface area contributed by atoms with Crippen molar-refractivity contribution in [2.45, 2.75) is 0 Å². The van der Waals surface area contributed by atoms with E-state index in [1.54, 1.807) is 0 Å². The SMILES string of the molecule is N/C=C(/O)OO. The van der Waals surface area contributed by atoms with Crippen LogP contribution in [-0.2, 0) is 4.89 Å². The smallest absolute Gasteiger partial charge is 0.330 e. The van der Waals surface area contributed by atoms with Crippen molar-refractivity contribution in [3.63, 3.8) is 0 Å². The Kier molecular flexibility index (Phi) is 1.99. The largest absolute Gasteiger partial charge is 0.478 e. The summed E-state index contributed by atoms with van der Waals surface area (Å²) < 4.78 is 0. The molecule has 36 valence electrons. The summed E-state index contributed by atoms with van der Waals surface area (Å²) in [5.41, 5.74) is 4.59. The molecule has 0 heterocycles. The van der Waals surface area contributed by atoms with Gasteiger partial charge in [0.1, 0.15) is 0 Å². The number of nitrogens with two attached hydrogens (primary N) is 1. The van der Waals surface area contributed by atoms with Crippen molar-refractivity contribution in [3.8, 4) is 0 Å². The molecular formula is C2H5NO3. The molecule has 0 unspecified atom stereocenters. The highest BCUT2D eigenvalue weighted by Gasteiger charge is 1.80. The van der Waals surface area contributed by atoms with Gasteiger partial charge < -0.3 is 10.8 Å². The first-order chi connectivity index (χ1) is 2.81. The minimum absolute atomic E-state index is 0.699. The average Bonchev–Trinajstić information content (AvgIpc) is 1.65. The molecule has 0 atom stereocenters. The van der Waals surface area contributed by atoms with Gasteiger partial charge in [0.25, 0.3) is 0 Å². The molecule has 4 N–H and O–H groups in total. The summed E-state index contributed by atoms with van der Waals surface area (Å²) in [5, 5.41) is 15.4. The van der Waals surface area contributed by atoms with Crippen LogP contribution in [0.1, 0.15) is 0 Å². The number of hydrogen-bond acceptors (Lipinski definition) is 4. The van der Waals surface area contributed by atoms with Gasteiger partial charge in [0.2, 0.25) is 0 Å². The molecule has 0 bridgehead atoms. The van der Waals surface area contributed by atoms with E-state index >= 15 is 0 Å². The molecule has 0 rings (SSSR count). The molecule has 0 aliphatic carbocycles. The van der Waals surface area contributed by atoms with Gasteiger partial charge in [0.15, 0.2) is 0 Å². The summed E-state index contributed by atoms with van der Waals surface area (Å²) in [7, 11) is 0. The first-order valence-corrected chi connectivity index (χ1v) is 1.23. The van der Waals surface area contributed by atoms with E-state index in [9.17, 15) is 0 Å². The fraction of sp³-hybridized carbons (Fsp3) is 0. The minimum atomic E-state index is -0.699. The third-order valence-corrected chi connectivity index (χ3v) is 0.236. The van der Waals surface area contributed by atoms with E-state index in [2.05, 4.69) is 10.6 Å². The van der Waals surface area contributed by atoms with E-state index < -0.39 is 5.95 Å². The maximum Gasteiger partial charge on any atom is 0.330 e. The Morgan fingerprint density at radius 2 is 2.33 bits per heavy atom. The van der Waals surface area contributed by atoms with Crippen LogP contribution >= 0.6 is 0 Å². The molecule has 6 heavy (non-hydrogen) atoms. The van der Waals surface area contributed by atoms with Crippen LogP contribution in [0.5, 0.6) is 0 Å². The van der Waals surface area contributed by atoms with Gasteiger partial charge in [-0.15, -0.1) is 0 Å². The summed E-state index contributed by atoms with van der Waals surface area (Å²) in [6.07, 6.45) is 0.722. The Bertz CT molecular complexity index is 59.8. The van der Waals surface area contributed by atoms with Crippen LogP contribution in [0.15, 0.2) is 12.1 Å². The maximum atomic E-state index is 7.93. The fourth-order valence-corrected chi connectivity index (χ4v) is 0.0304.